The zero-order chi connectivity index (χ0) is 10.1. The monoisotopic (exact) mass is 187 g/mol. The van der Waals surface area contributed by atoms with Crippen molar-refractivity contribution in [3.8, 4) is 0 Å². The smallest absolute Gasteiger partial charge is 0.101 e. The lowest BCUT2D eigenvalue weighted by Gasteiger charge is -2.45. The van der Waals surface area contributed by atoms with Crippen molar-refractivity contribution in [2.45, 2.75) is 38.8 Å². The third kappa shape index (κ3) is 2.66. The summed E-state index contributed by atoms with van der Waals surface area (Å²) in [6.07, 6.45) is 0. The molecule has 3 nitrogen and oxygen atoms in total. The molecule has 1 rings (SSSR count). The van der Waals surface area contributed by atoms with Crippen LogP contribution in [0, 0.1) is 0 Å². The molecule has 0 amide bonds. The van der Waals surface area contributed by atoms with Crippen molar-refractivity contribution in [3.05, 3.63) is 0 Å². The first-order valence-electron chi connectivity index (χ1n) is 4.87. The topological polar surface area (TPSA) is 32.7 Å². The van der Waals surface area contributed by atoms with Crippen LogP contribution in [0.4, 0.5) is 0 Å². The third-order valence-corrected chi connectivity index (χ3v) is 2.62. The molecule has 0 aromatic carbocycles. The van der Waals surface area contributed by atoms with Crippen molar-refractivity contribution in [3.63, 3.8) is 0 Å². The summed E-state index contributed by atoms with van der Waals surface area (Å²) >= 11 is 0. The van der Waals surface area contributed by atoms with Crippen molar-refractivity contribution in [2.75, 3.05) is 26.3 Å². The average Bonchev–Trinajstić information content (AvgIpc) is 2.03. The maximum atomic E-state index is 9.18. The summed E-state index contributed by atoms with van der Waals surface area (Å²) in [5.41, 5.74) is -0.203. The van der Waals surface area contributed by atoms with Crippen molar-refractivity contribution in [1.29, 1.82) is 0 Å². The van der Waals surface area contributed by atoms with E-state index in [1.54, 1.807) is 0 Å². The van der Waals surface area contributed by atoms with Crippen LogP contribution in [0.5, 0.6) is 0 Å². The molecular formula is C10H21NO2. The van der Waals surface area contributed by atoms with Crippen LogP contribution in [0.15, 0.2) is 0 Å². The fourth-order valence-electron chi connectivity index (χ4n) is 1.60. The second kappa shape index (κ2) is 3.56. The van der Waals surface area contributed by atoms with Crippen molar-refractivity contribution in [1.82, 2.24) is 4.90 Å². The van der Waals surface area contributed by atoms with Crippen LogP contribution >= 0.6 is 0 Å². The van der Waals surface area contributed by atoms with E-state index in [0.717, 1.165) is 13.1 Å². The summed E-state index contributed by atoms with van der Waals surface area (Å²) < 4.78 is 5.55. The molecule has 0 unspecified atom stereocenters. The van der Waals surface area contributed by atoms with E-state index in [2.05, 4.69) is 25.7 Å². The zero-order valence-electron chi connectivity index (χ0n) is 9.13. The van der Waals surface area contributed by atoms with Gasteiger partial charge in [-0.1, -0.05) is 0 Å². The summed E-state index contributed by atoms with van der Waals surface area (Å²) in [6.45, 7) is 11.1. The number of nitrogens with zero attached hydrogens (tertiary/aromatic N) is 1. The Labute approximate surface area is 80.7 Å². The number of morpholine rings is 1. The minimum absolute atomic E-state index is 0.0968. The van der Waals surface area contributed by atoms with Crippen molar-refractivity contribution < 1.29 is 9.84 Å². The van der Waals surface area contributed by atoms with Gasteiger partial charge in [-0.3, -0.25) is 4.90 Å². The molecule has 0 aromatic rings. The minimum atomic E-state index is -0.370. The lowest BCUT2D eigenvalue weighted by atomic mass is 9.99. The first-order chi connectivity index (χ1) is 5.87. The van der Waals surface area contributed by atoms with Gasteiger partial charge in [-0.05, 0) is 27.7 Å². The molecular weight excluding hydrogens is 166 g/mol. The largest absolute Gasteiger partial charge is 0.393 e. The van der Waals surface area contributed by atoms with Crippen LogP contribution in [-0.2, 0) is 4.74 Å². The molecule has 1 fully saturated rings. The van der Waals surface area contributed by atoms with Crippen molar-refractivity contribution in [2.24, 2.45) is 0 Å². The molecule has 0 spiro atoms. The van der Waals surface area contributed by atoms with E-state index in [1.807, 2.05) is 6.92 Å². The normalized spacial score (nSPS) is 32.1. The maximum absolute atomic E-state index is 9.18. The fourth-order valence-corrected chi connectivity index (χ4v) is 1.60. The van der Waals surface area contributed by atoms with Gasteiger partial charge in [0.2, 0.25) is 0 Å². The Bertz CT molecular complexity index is 176. The number of ether oxygens (including phenoxy) is 1. The van der Waals surface area contributed by atoms with Gasteiger partial charge in [0, 0.05) is 18.6 Å². The zero-order valence-corrected chi connectivity index (χ0v) is 9.13. The molecule has 1 N–H and O–H groups in total. The third-order valence-electron chi connectivity index (χ3n) is 2.62. The molecule has 1 aliphatic rings. The molecule has 1 heterocycles. The quantitative estimate of drug-likeness (QED) is 0.661. The van der Waals surface area contributed by atoms with Gasteiger partial charge in [0.1, 0.15) is 5.60 Å². The van der Waals surface area contributed by atoms with Crippen LogP contribution in [0.3, 0.4) is 0 Å². The van der Waals surface area contributed by atoms with Gasteiger partial charge in [-0.15, -0.1) is 0 Å². The van der Waals surface area contributed by atoms with E-state index in [9.17, 15) is 5.11 Å². The molecule has 3 heteroatoms. The van der Waals surface area contributed by atoms with Crippen LogP contribution in [0.2, 0.25) is 0 Å². The summed E-state index contributed by atoms with van der Waals surface area (Å²) in [5.74, 6) is 0. The van der Waals surface area contributed by atoms with Gasteiger partial charge in [0.25, 0.3) is 0 Å². The maximum Gasteiger partial charge on any atom is 0.101 e. The summed E-state index contributed by atoms with van der Waals surface area (Å²) in [7, 11) is 0. The van der Waals surface area contributed by atoms with E-state index in [0.29, 0.717) is 6.61 Å². The first-order valence-corrected chi connectivity index (χ1v) is 4.87. The van der Waals surface area contributed by atoms with Gasteiger partial charge in [-0.2, -0.15) is 0 Å². The first kappa shape index (κ1) is 11.0. The van der Waals surface area contributed by atoms with E-state index in [-0.39, 0.29) is 17.7 Å². The lowest BCUT2D eigenvalue weighted by molar-refractivity contribution is -0.138. The molecule has 78 valence electrons. The van der Waals surface area contributed by atoms with E-state index in [4.69, 9.17) is 4.74 Å². The summed E-state index contributed by atoms with van der Waals surface area (Å²) in [5, 5.41) is 9.18. The van der Waals surface area contributed by atoms with E-state index in [1.165, 1.54) is 0 Å². The van der Waals surface area contributed by atoms with Crippen LogP contribution < -0.4 is 0 Å². The van der Waals surface area contributed by atoms with Gasteiger partial charge in [0.15, 0.2) is 0 Å². The van der Waals surface area contributed by atoms with E-state index < -0.39 is 0 Å². The Morgan fingerprint density at radius 2 is 2.08 bits per heavy atom. The highest BCUT2D eigenvalue weighted by Crippen LogP contribution is 2.23. The number of aliphatic hydroxyl groups excluding tert-OH is 1. The molecule has 1 atom stereocenters. The van der Waals surface area contributed by atoms with Crippen LogP contribution in [0.1, 0.15) is 27.7 Å². The Morgan fingerprint density at radius 3 is 2.54 bits per heavy atom. The van der Waals surface area contributed by atoms with Gasteiger partial charge in [-0.25, -0.2) is 0 Å². The molecule has 1 aliphatic heterocycles. The number of aliphatic hydroxyl groups is 1. The second-order valence-electron chi connectivity index (χ2n) is 5.05. The molecule has 0 bridgehead atoms. The van der Waals surface area contributed by atoms with Gasteiger partial charge < -0.3 is 9.84 Å². The molecule has 0 aromatic heterocycles. The van der Waals surface area contributed by atoms with Crippen LogP contribution in [0.25, 0.3) is 0 Å². The Hall–Kier alpha value is -0.120. The standard InChI is InChI=1S/C10H21NO2/c1-9(2,3)11-5-6-13-10(4,7-11)8-12/h12H,5-8H2,1-4H3/t10-/m0/s1. The Morgan fingerprint density at radius 1 is 1.46 bits per heavy atom. The molecule has 13 heavy (non-hydrogen) atoms. The highest BCUT2D eigenvalue weighted by atomic mass is 16.5. The SMILES string of the molecule is CC(C)(C)N1CCO[C@](C)(CO)C1. The molecule has 1 saturated heterocycles. The molecule has 0 aliphatic carbocycles. The highest BCUT2D eigenvalue weighted by molar-refractivity contribution is 4.88. The van der Waals surface area contributed by atoms with Crippen LogP contribution in [-0.4, -0.2) is 47.4 Å². The Balaban J connectivity index is 2.62. The fraction of sp³-hybridized carbons (Fsp3) is 1.00. The number of hydrogen-bond donors (Lipinski definition) is 1. The second-order valence-corrected chi connectivity index (χ2v) is 5.05. The predicted molar refractivity (Wildman–Crippen MR) is 52.8 cm³/mol. The predicted octanol–water partition coefficient (Wildman–Crippen LogP) is 0.868. The minimum Gasteiger partial charge on any atom is -0.393 e. The number of rotatable bonds is 1. The average molecular weight is 187 g/mol. The number of hydrogen-bond acceptors (Lipinski definition) is 3. The van der Waals surface area contributed by atoms with Gasteiger partial charge >= 0.3 is 0 Å². The van der Waals surface area contributed by atoms with Crippen molar-refractivity contribution >= 4 is 0 Å². The lowest BCUT2D eigenvalue weighted by Crippen LogP contribution is -2.57. The summed E-state index contributed by atoms with van der Waals surface area (Å²) in [4.78, 5) is 2.35. The molecule has 0 saturated carbocycles. The summed E-state index contributed by atoms with van der Waals surface area (Å²) in [6, 6.07) is 0. The molecule has 0 radical (unpaired) electrons. The highest BCUT2D eigenvalue weighted by Gasteiger charge is 2.35. The van der Waals surface area contributed by atoms with Gasteiger partial charge in [0.05, 0.1) is 13.2 Å². The Kier molecular flexibility index (Phi) is 3.00. The van der Waals surface area contributed by atoms with E-state index >= 15 is 0 Å².